The van der Waals surface area contributed by atoms with E-state index in [0.29, 0.717) is 12.3 Å². The van der Waals surface area contributed by atoms with Crippen LogP contribution in [0.25, 0.3) is 5.65 Å². The number of imidazole rings is 1. The topological polar surface area (TPSA) is 75.5 Å². The summed E-state index contributed by atoms with van der Waals surface area (Å²) in [7, 11) is 0. The summed E-state index contributed by atoms with van der Waals surface area (Å²) in [6, 6.07) is 2.23. The van der Waals surface area contributed by atoms with Crippen molar-refractivity contribution >= 4 is 34.9 Å². The number of hydrogen-bond acceptors (Lipinski definition) is 3. The number of benzene rings is 1. The summed E-state index contributed by atoms with van der Waals surface area (Å²) in [4.78, 5) is 27.6. The monoisotopic (exact) mass is 418 g/mol. The third kappa shape index (κ3) is 3.88. The van der Waals surface area contributed by atoms with Gasteiger partial charge in [0, 0.05) is 12.4 Å². The number of rotatable bonds is 2. The Labute approximate surface area is 157 Å². The van der Waals surface area contributed by atoms with Crippen LogP contribution in [0.15, 0.2) is 36.7 Å². The van der Waals surface area contributed by atoms with E-state index >= 15 is 0 Å². The second-order valence-corrected chi connectivity index (χ2v) is 5.84. The van der Waals surface area contributed by atoms with Crippen LogP contribution in [0.3, 0.4) is 0 Å². The van der Waals surface area contributed by atoms with Crippen molar-refractivity contribution in [3.63, 3.8) is 0 Å². The zero-order valence-corrected chi connectivity index (χ0v) is 14.2. The third-order valence-corrected chi connectivity index (χ3v) is 3.77. The van der Waals surface area contributed by atoms with Gasteiger partial charge in [-0.3, -0.25) is 10.1 Å². The van der Waals surface area contributed by atoms with Crippen LogP contribution in [-0.4, -0.2) is 21.3 Å². The minimum atomic E-state index is -4.67. The van der Waals surface area contributed by atoms with E-state index in [1.807, 2.05) is 5.32 Å². The fourth-order valence-corrected chi connectivity index (χ4v) is 2.51. The van der Waals surface area contributed by atoms with Gasteiger partial charge in [-0.2, -0.15) is 13.2 Å². The standard InChI is InChI=1S/C16H8ClF5N4O2/c17-8-4-7(16(20,21)22)5-26-6-11(23-13(8)26)14(27)25-15(28)24-12-9(18)2-1-3-10(12)19/h1-6H,(H2,24,25,27,28). The maximum Gasteiger partial charge on any atom is 0.417 e. The summed E-state index contributed by atoms with van der Waals surface area (Å²) < 4.78 is 66.3. The molecule has 2 heterocycles. The van der Waals surface area contributed by atoms with Gasteiger partial charge in [0.05, 0.1) is 10.6 Å². The van der Waals surface area contributed by atoms with Crippen molar-refractivity contribution in [2.75, 3.05) is 5.32 Å². The number of pyridine rings is 1. The number of nitrogens with one attached hydrogen (secondary N) is 2. The van der Waals surface area contributed by atoms with Crippen molar-refractivity contribution in [2.24, 2.45) is 0 Å². The molecule has 2 aromatic heterocycles. The molecule has 1 aromatic carbocycles. The van der Waals surface area contributed by atoms with E-state index in [0.717, 1.165) is 28.8 Å². The first-order valence-electron chi connectivity index (χ1n) is 7.38. The second kappa shape index (κ2) is 7.08. The fourth-order valence-electron chi connectivity index (χ4n) is 2.25. The molecule has 6 nitrogen and oxygen atoms in total. The van der Waals surface area contributed by atoms with E-state index in [2.05, 4.69) is 4.98 Å². The Balaban J connectivity index is 1.82. The van der Waals surface area contributed by atoms with Crippen LogP contribution in [0.5, 0.6) is 0 Å². The lowest BCUT2D eigenvalue weighted by Gasteiger charge is -2.07. The maximum atomic E-state index is 13.5. The molecule has 0 bridgehead atoms. The molecule has 12 heteroatoms. The molecule has 0 radical (unpaired) electrons. The number of anilines is 1. The summed E-state index contributed by atoms with van der Waals surface area (Å²) in [5, 5.41) is 3.22. The Morgan fingerprint density at radius 2 is 1.75 bits per heavy atom. The molecule has 2 N–H and O–H groups in total. The molecular formula is C16H8ClF5N4O2. The van der Waals surface area contributed by atoms with Gasteiger partial charge in [0.2, 0.25) is 0 Å². The Hall–Kier alpha value is -3.21. The van der Waals surface area contributed by atoms with E-state index in [4.69, 9.17) is 11.6 Å². The summed E-state index contributed by atoms with van der Waals surface area (Å²) in [6.45, 7) is 0. The number of imide groups is 1. The van der Waals surface area contributed by atoms with Crippen LogP contribution in [-0.2, 0) is 6.18 Å². The number of nitrogens with zero attached hydrogens (tertiary/aromatic N) is 2. The molecule has 0 unspecified atom stereocenters. The summed E-state index contributed by atoms with van der Waals surface area (Å²) in [5.41, 5.74) is -2.44. The zero-order chi connectivity index (χ0) is 20.6. The molecule has 3 rings (SSSR count). The smallest absolute Gasteiger partial charge is 0.304 e. The van der Waals surface area contributed by atoms with Gasteiger partial charge in [0.1, 0.15) is 23.0 Å². The molecule has 0 saturated heterocycles. The lowest BCUT2D eigenvalue weighted by molar-refractivity contribution is -0.137. The van der Waals surface area contributed by atoms with Gasteiger partial charge in [-0.15, -0.1) is 0 Å². The quantitative estimate of drug-likeness (QED) is 0.611. The first-order chi connectivity index (χ1) is 13.1. The number of fused-ring (bicyclic) bond motifs is 1. The van der Waals surface area contributed by atoms with Gasteiger partial charge in [-0.05, 0) is 18.2 Å². The number of para-hydroxylation sites is 1. The number of urea groups is 1. The van der Waals surface area contributed by atoms with Gasteiger partial charge >= 0.3 is 12.2 Å². The molecular weight excluding hydrogens is 411 g/mol. The highest BCUT2D eigenvalue weighted by Crippen LogP contribution is 2.32. The van der Waals surface area contributed by atoms with E-state index < -0.39 is 46.7 Å². The molecule has 0 spiro atoms. The summed E-state index contributed by atoms with van der Waals surface area (Å²) in [5.74, 6) is -3.26. The van der Waals surface area contributed by atoms with Crippen molar-refractivity contribution in [3.05, 3.63) is 64.6 Å². The molecule has 0 aliphatic heterocycles. The van der Waals surface area contributed by atoms with Gasteiger partial charge in [-0.25, -0.2) is 18.6 Å². The van der Waals surface area contributed by atoms with Gasteiger partial charge in [0.15, 0.2) is 5.65 Å². The van der Waals surface area contributed by atoms with Crippen molar-refractivity contribution in [1.82, 2.24) is 14.7 Å². The first-order valence-corrected chi connectivity index (χ1v) is 7.76. The lowest BCUT2D eigenvalue weighted by Crippen LogP contribution is -2.35. The Morgan fingerprint density at radius 3 is 2.36 bits per heavy atom. The zero-order valence-electron chi connectivity index (χ0n) is 13.4. The fraction of sp³-hybridized carbons (Fsp3) is 0.0625. The van der Waals surface area contributed by atoms with E-state index in [-0.39, 0.29) is 10.7 Å². The van der Waals surface area contributed by atoms with Crippen molar-refractivity contribution in [3.8, 4) is 0 Å². The third-order valence-electron chi connectivity index (χ3n) is 3.49. The second-order valence-electron chi connectivity index (χ2n) is 5.44. The van der Waals surface area contributed by atoms with Gasteiger partial charge in [0.25, 0.3) is 5.91 Å². The molecule has 3 amide bonds. The Bertz CT molecular complexity index is 1080. The highest BCUT2D eigenvalue weighted by Gasteiger charge is 2.32. The van der Waals surface area contributed by atoms with Gasteiger partial charge < -0.3 is 9.72 Å². The minimum absolute atomic E-state index is 0.152. The van der Waals surface area contributed by atoms with Gasteiger partial charge in [-0.1, -0.05) is 17.7 Å². The maximum absolute atomic E-state index is 13.5. The molecule has 28 heavy (non-hydrogen) atoms. The molecule has 146 valence electrons. The molecule has 0 aliphatic carbocycles. The molecule has 3 aromatic rings. The number of carbonyl (C=O) groups excluding carboxylic acids is 2. The highest BCUT2D eigenvalue weighted by molar-refractivity contribution is 6.33. The van der Waals surface area contributed by atoms with Crippen molar-refractivity contribution < 1.29 is 31.5 Å². The van der Waals surface area contributed by atoms with E-state index in [1.54, 1.807) is 5.32 Å². The molecule has 0 saturated carbocycles. The van der Waals surface area contributed by atoms with E-state index in [1.165, 1.54) is 0 Å². The van der Waals surface area contributed by atoms with Crippen molar-refractivity contribution in [1.29, 1.82) is 0 Å². The highest BCUT2D eigenvalue weighted by atomic mass is 35.5. The summed E-state index contributed by atoms with van der Waals surface area (Å²) >= 11 is 5.76. The van der Waals surface area contributed by atoms with Crippen LogP contribution < -0.4 is 10.6 Å². The molecule has 0 aliphatic rings. The number of aromatic nitrogens is 2. The predicted molar refractivity (Wildman–Crippen MR) is 88.0 cm³/mol. The predicted octanol–water partition coefficient (Wildman–Crippen LogP) is 4.25. The average molecular weight is 419 g/mol. The van der Waals surface area contributed by atoms with Crippen LogP contribution in [0.1, 0.15) is 16.1 Å². The minimum Gasteiger partial charge on any atom is -0.304 e. The van der Waals surface area contributed by atoms with Crippen LogP contribution in [0, 0.1) is 11.6 Å². The number of halogens is 6. The number of hydrogen-bond donors (Lipinski definition) is 2. The van der Waals surface area contributed by atoms with E-state index in [9.17, 15) is 31.5 Å². The number of carbonyl (C=O) groups is 2. The normalized spacial score (nSPS) is 11.5. The van der Waals surface area contributed by atoms with Crippen molar-refractivity contribution in [2.45, 2.75) is 6.18 Å². The van der Waals surface area contributed by atoms with Crippen LogP contribution in [0.4, 0.5) is 32.4 Å². The largest absolute Gasteiger partial charge is 0.417 e. The van der Waals surface area contributed by atoms with Crippen LogP contribution >= 0.6 is 11.6 Å². The molecule has 0 fully saturated rings. The Kier molecular flexibility index (Phi) is 4.94. The molecule has 0 atom stereocenters. The first kappa shape index (κ1) is 19.5. The Morgan fingerprint density at radius 1 is 1.11 bits per heavy atom. The summed E-state index contributed by atoms with van der Waals surface area (Å²) in [6.07, 6.45) is -3.09. The number of amides is 3. The SMILES string of the molecule is O=C(NC(=O)c1cn2cc(C(F)(F)F)cc(Cl)c2n1)Nc1c(F)cccc1F. The van der Waals surface area contributed by atoms with Crippen LogP contribution in [0.2, 0.25) is 5.02 Å². The number of alkyl halides is 3. The lowest BCUT2D eigenvalue weighted by atomic mass is 10.3. The average Bonchev–Trinajstić information content (AvgIpc) is 3.02.